The molecule has 0 atom stereocenters. The monoisotopic (exact) mass is 327 g/mol. The first-order valence-electron chi connectivity index (χ1n) is 7.77. The van der Waals surface area contributed by atoms with Crippen molar-refractivity contribution < 1.29 is 19.1 Å². The lowest BCUT2D eigenvalue weighted by Crippen LogP contribution is -2.28. The molecule has 2 rings (SSSR count). The van der Waals surface area contributed by atoms with Crippen molar-refractivity contribution in [2.24, 2.45) is 0 Å². The van der Waals surface area contributed by atoms with Crippen LogP contribution in [0.2, 0.25) is 0 Å². The molecule has 0 aromatic heterocycles. The predicted octanol–water partition coefficient (Wildman–Crippen LogP) is 4.08. The number of rotatable bonds is 5. The third kappa shape index (κ3) is 4.35. The topological polar surface area (TPSA) is 55.8 Å². The van der Waals surface area contributed by atoms with Gasteiger partial charge in [-0.05, 0) is 24.1 Å². The van der Waals surface area contributed by atoms with E-state index in [2.05, 4.69) is 0 Å². The summed E-state index contributed by atoms with van der Waals surface area (Å²) in [5.41, 5.74) is 2.24. The first kappa shape index (κ1) is 17.5. The van der Waals surface area contributed by atoms with Crippen LogP contribution in [-0.2, 0) is 16.1 Å². The quantitative estimate of drug-likeness (QED) is 0.613. The van der Waals surface area contributed by atoms with E-state index >= 15 is 0 Å². The van der Waals surface area contributed by atoms with Crippen LogP contribution in [0, 0.1) is 6.92 Å². The summed E-state index contributed by atoms with van der Waals surface area (Å²) in [5, 5.41) is 0. The van der Waals surface area contributed by atoms with Crippen LogP contribution < -0.4 is 9.64 Å². The van der Waals surface area contributed by atoms with E-state index < -0.39 is 6.09 Å². The Morgan fingerprint density at radius 2 is 1.75 bits per heavy atom. The number of carbonyl (C=O) groups excluding carboxylic acids is 2. The number of carbonyl (C=O) groups is 2. The van der Waals surface area contributed by atoms with Gasteiger partial charge in [0.05, 0.1) is 5.69 Å². The van der Waals surface area contributed by atoms with Crippen molar-refractivity contribution in [3.8, 4) is 5.75 Å². The van der Waals surface area contributed by atoms with Gasteiger partial charge >= 0.3 is 12.1 Å². The summed E-state index contributed by atoms with van der Waals surface area (Å²) in [4.78, 5) is 25.3. The van der Waals surface area contributed by atoms with E-state index in [0.29, 0.717) is 11.4 Å². The summed E-state index contributed by atoms with van der Waals surface area (Å²) in [6.07, 6.45) is -0.253. The maximum Gasteiger partial charge on any atom is 0.414 e. The van der Waals surface area contributed by atoms with Crippen LogP contribution in [0.3, 0.4) is 0 Å². The molecule has 0 saturated heterocycles. The van der Waals surface area contributed by atoms with Gasteiger partial charge in [0.2, 0.25) is 0 Å². The highest BCUT2D eigenvalue weighted by molar-refractivity contribution is 5.91. The van der Waals surface area contributed by atoms with E-state index in [1.165, 1.54) is 4.90 Å². The molecule has 0 aliphatic rings. The second kappa shape index (κ2) is 8.15. The molecular formula is C19H21NO4. The Morgan fingerprint density at radius 3 is 2.42 bits per heavy atom. The van der Waals surface area contributed by atoms with Crippen LogP contribution in [0.25, 0.3) is 0 Å². The lowest BCUT2D eigenvalue weighted by Gasteiger charge is -2.21. The zero-order chi connectivity index (χ0) is 17.5. The Balaban J connectivity index is 2.14. The van der Waals surface area contributed by atoms with Gasteiger partial charge in [0, 0.05) is 13.5 Å². The number of aryl methyl sites for hydroxylation is 1. The largest absolute Gasteiger partial charge is 0.444 e. The number of para-hydroxylation sites is 1. The number of esters is 1. The van der Waals surface area contributed by atoms with E-state index in [4.69, 9.17) is 9.47 Å². The molecule has 0 radical (unpaired) electrons. The first-order valence-corrected chi connectivity index (χ1v) is 7.77. The minimum Gasteiger partial charge on any atom is -0.444 e. The third-order valence-corrected chi connectivity index (χ3v) is 3.53. The highest BCUT2D eigenvalue weighted by Crippen LogP contribution is 2.32. The van der Waals surface area contributed by atoms with Crippen molar-refractivity contribution in [3.05, 3.63) is 59.7 Å². The molecule has 0 aliphatic heterocycles. The average Bonchev–Trinajstić information content (AvgIpc) is 2.60. The summed E-state index contributed by atoms with van der Waals surface area (Å²) >= 11 is 0. The highest BCUT2D eigenvalue weighted by Gasteiger charge is 2.20. The molecule has 0 aliphatic carbocycles. The highest BCUT2D eigenvalue weighted by atomic mass is 16.6. The Bertz CT molecular complexity index is 713. The fraction of sp³-hybridized carbons (Fsp3) is 0.263. The molecule has 24 heavy (non-hydrogen) atoms. The molecule has 0 spiro atoms. The molecule has 0 bridgehead atoms. The molecule has 0 heterocycles. The normalized spacial score (nSPS) is 10.1. The Labute approximate surface area is 141 Å². The van der Waals surface area contributed by atoms with Crippen molar-refractivity contribution >= 4 is 17.7 Å². The van der Waals surface area contributed by atoms with Gasteiger partial charge in [-0.3, -0.25) is 9.69 Å². The smallest absolute Gasteiger partial charge is 0.414 e. The molecule has 2 aromatic carbocycles. The molecule has 126 valence electrons. The summed E-state index contributed by atoms with van der Waals surface area (Å²) in [5.74, 6) is -0.00564. The molecule has 0 unspecified atom stereocenters. The van der Waals surface area contributed by atoms with Gasteiger partial charge in [0.25, 0.3) is 0 Å². The van der Waals surface area contributed by atoms with Crippen molar-refractivity contribution in [2.45, 2.75) is 26.9 Å². The van der Waals surface area contributed by atoms with Crippen LogP contribution >= 0.6 is 0 Å². The van der Waals surface area contributed by atoms with E-state index in [0.717, 1.165) is 11.1 Å². The second-order valence-electron chi connectivity index (χ2n) is 5.35. The minimum absolute atomic E-state index is 0.181. The van der Waals surface area contributed by atoms with Gasteiger partial charge < -0.3 is 9.47 Å². The van der Waals surface area contributed by atoms with Crippen molar-refractivity contribution in [1.82, 2.24) is 0 Å². The zero-order valence-corrected chi connectivity index (χ0v) is 14.1. The number of anilines is 1. The van der Waals surface area contributed by atoms with Gasteiger partial charge in [-0.15, -0.1) is 0 Å². The number of nitrogens with zero attached hydrogens (tertiary/aromatic N) is 1. The second-order valence-corrected chi connectivity index (χ2v) is 5.35. The van der Waals surface area contributed by atoms with E-state index in [9.17, 15) is 9.59 Å². The molecule has 5 heteroatoms. The molecule has 2 aromatic rings. The lowest BCUT2D eigenvalue weighted by atomic mass is 10.1. The standard InChI is InChI=1S/C19H21NO4/c1-4-17(21)24-16-12-8-9-14(2)18(16)20(3)19(22)23-13-15-10-6-5-7-11-15/h5-12H,4,13H2,1-3H3. The number of amides is 1. The lowest BCUT2D eigenvalue weighted by molar-refractivity contribution is -0.133. The molecular weight excluding hydrogens is 306 g/mol. The molecule has 0 saturated carbocycles. The Kier molecular flexibility index (Phi) is 5.95. The maximum absolute atomic E-state index is 12.3. The summed E-state index contributed by atoms with van der Waals surface area (Å²) in [6.45, 7) is 3.75. The summed E-state index contributed by atoms with van der Waals surface area (Å²) in [7, 11) is 1.60. The summed E-state index contributed by atoms with van der Waals surface area (Å²) in [6, 6.07) is 14.7. The SMILES string of the molecule is CCC(=O)Oc1cccc(C)c1N(C)C(=O)OCc1ccccc1. The van der Waals surface area contributed by atoms with Crippen LogP contribution in [0.5, 0.6) is 5.75 Å². The summed E-state index contributed by atoms with van der Waals surface area (Å²) < 4.78 is 10.7. The van der Waals surface area contributed by atoms with Gasteiger partial charge in [-0.25, -0.2) is 4.79 Å². The predicted molar refractivity (Wildman–Crippen MR) is 92.1 cm³/mol. The van der Waals surface area contributed by atoms with Gasteiger partial charge in [-0.1, -0.05) is 49.4 Å². The van der Waals surface area contributed by atoms with Gasteiger partial charge in [0.15, 0.2) is 5.75 Å². The van der Waals surface area contributed by atoms with E-state index in [1.807, 2.05) is 43.3 Å². The molecule has 0 N–H and O–H groups in total. The van der Waals surface area contributed by atoms with Gasteiger partial charge in [-0.2, -0.15) is 0 Å². The molecule has 0 fully saturated rings. The third-order valence-electron chi connectivity index (χ3n) is 3.53. The van der Waals surface area contributed by atoms with Crippen molar-refractivity contribution in [3.63, 3.8) is 0 Å². The minimum atomic E-state index is -0.512. The maximum atomic E-state index is 12.3. The Hall–Kier alpha value is -2.82. The number of hydrogen-bond acceptors (Lipinski definition) is 4. The van der Waals surface area contributed by atoms with Crippen LogP contribution in [0.4, 0.5) is 10.5 Å². The molecule has 5 nitrogen and oxygen atoms in total. The number of ether oxygens (including phenoxy) is 2. The van der Waals surface area contributed by atoms with E-state index in [-0.39, 0.29) is 19.0 Å². The Morgan fingerprint density at radius 1 is 1.04 bits per heavy atom. The van der Waals surface area contributed by atoms with Crippen LogP contribution in [0.15, 0.2) is 48.5 Å². The number of benzene rings is 2. The van der Waals surface area contributed by atoms with Gasteiger partial charge in [0.1, 0.15) is 6.61 Å². The van der Waals surface area contributed by atoms with Crippen LogP contribution in [0.1, 0.15) is 24.5 Å². The van der Waals surface area contributed by atoms with Crippen molar-refractivity contribution in [1.29, 1.82) is 0 Å². The van der Waals surface area contributed by atoms with Crippen molar-refractivity contribution in [2.75, 3.05) is 11.9 Å². The fourth-order valence-electron chi connectivity index (χ4n) is 2.25. The van der Waals surface area contributed by atoms with Crippen LogP contribution in [-0.4, -0.2) is 19.1 Å². The zero-order valence-electron chi connectivity index (χ0n) is 14.1. The fourth-order valence-corrected chi connectivity index (χ4v) is 2.25. The van der Waals surface area contributed by atoms with E-state index in [1.54, 1.807) is 26.1 Å². The number of hydrogen-bond donors (Lipinski definition) is 0. The first-order chi connectivity index (χ1) is 11.5. The average molecular weight is 327 g/mol. The molecule has 1 amide bonds.